The Hall–Kier alpha value is -3.23. The highest BCUT2D eigenvalue weighted by molar-refractivity contribution is 5.84. The van der Waals surface area contributed by atoms with Crippen LogP contribution in [0, 0.1) is 13.8 Å². The predicted octanol–water partition coefficient (Wildman–Crippen LogP) is 3.01. The van der Waals surface area contributed by atoms with Crippen LogP contribution in [0.15, 0.2) is 45.9 Å². The van der Waals surface area contributed by atoms with Crippen molar-refractivity contribution in [1.82, 2.24) is 19.3 Å². The van der Waals surface area contributed by atoms with Crippen LogP contribution in [-0.4, -0.2) is 63.2 Å². The van der Waals surface area contributed by atoms with Gasteiger partial charge in [-0.1, -0.05) is 6.92 Å². The SMILES string of the molecule is CC[C@@H](O)CN1CCN(c2ccc3cc(-c4cn5cc(C)nc(C)c5n4)c(=O)oc3c2)CC1. The van der Waals surface area contributed by atoms with E-state index in [1.54, 1.807) is 0 Å². The maximum atomic E-state index is 12.8. The number of nitrogens with zero attached hydrogens (tertiary/aromatic N) is 5. The summed E-state index contributed by atoms with van der Waals surface area (Å²) in [5.41, 5.74) is 4.68. The van der Waals surface area contributed by atoms with Crippen molar-refractivity contribution in [2.24, 2.45) is 0 Å². The Balaban J connectivity index is 1.41. The molecule has 0 amide bonds. The molecule has 33 heavy (non-hydrogen) atoms. The molecule has 8 nitrogen and oxygen atoms in total. The number of β-amino-alcohol motifs (C(OH)–C–C–N with tert-alkyl or cyclic N) is 1. The quantitative estimate of drug-likeness (QED) is 0.471. The molecule has 8 heteroatoms. The molecular formula is C25H29N5O3. The monoisotopic (exact) mass is 447 g/mol. The molecule has 1 saturated heterocycles. The Morgan fingerprint density at radius 3 is 2.64 bits per heavy atom. The maximum absolute atomic E-state index is 12.8. The van der Waals surface area contributed by atoms with Crippen molar-refractivity contribution in [3.63, 3.8) is 0 Å². The van der Waals surface area contributed by atoms with Gasteiger partial charge in [0.2, 0.25) is 0 Å². The molecular weight excluding hydrogens is 418 g/mol. The summed E-state index contributed by atoms with van der Waals surface area (Å²) in [7, 11) is 0. The van der Waals surface area contributed by atoms with E-state index in [0.717, 1.165) is 67.3 Å². The summed E-state index contributed by atoms with van der Waals surface area (Å²) in [5.74, 6) is 0. The van der Waals surface area contributed by atoms with E-state index in [2.05, 4.69) is 25.8 Å². The van der Waals surface area contributed by atoms with Gasteiger partial charge in [0.1, 0.15) is 5.58 Å². The minimum absolute atomic E-state index is 0.266. The van der Waals surface area contributed by atoms with Gasteiger partial charge in [0, 0.05) is 62.3 Å². The van der Waals surface area contributed by atoms with Gasteiger partial charge in [-0.15, -0.1) is 0 Å². The molecule has 0 saturated carbocycles. The molecule has 0 spiro atoms. The van der Waals surface area contributed by atoms with E-state index in [-0.39, 0.29) is 6.10 Å². The smallest absolute Gasteiger partial charge is 0.345 e. The molecule has 4 heterocycles. The average Bonchev–Trinajstić information content (AvgIpc) is 3.23. The average molecular weight is 448 g/mol. The number of imidazole rings is 1. The molecule has 1 aliphatic heterocycles. The van der Waals surface area contributed by atoms with Gasteiger partial charge in [-0.25, -0.2) is 9.78 Å². The largest absolute Gasteiger partial charge is 0.422 e. The summed E-state index contributed by atoms with van der Waals surface area (Å²) >= 11 is 0. The summed E-state index contributed by atoms with van der Waals surface area (Å²) in [4.78, 5) is 26.5. The van der Waals surface area contributed by atoms with E-state index < -0.39 is 5.63 Å². The number of hydrogen-bond donors (Lipinski definition) is 1. The van der Waals surface area contributed by atoms with Gasteiger partial charge in [0.05, 0.1) is 28.7 Å². The fraction of sp³-hybridized carbons (Fsp3) is 0.400. The molecule has 0 aliphatic carbocycles. The highest BCUT2D eigenvalue weighted by atomic mass is 16.4. The number of aryl methyl sites for hydroxylation is 2. The normalized spacial score (nSPS) is 16.1. The number of aromatic nitrogens is 3. The standard InChI is InChI=1S/C25H29N5O3/c1-4-20(31)14-28-7-9-29(10-8-28)19-6-5-18-11-21(25(32)33-23(18)12-19)22-15-30-13-16(2)26-17(3)24(30)27-22/h5-6,11-13,15,20,31H,4,7-10,14H2,1-3H3/t20-/m1/s1. The second kappa shape index (κ2) is 8.61. The first-order chi connectivity index (χ1) is 15.9. The third-order valence-electron chi connectivity index (χ3n) is 6.40. The lowest BCUT2D eigenvalue weighted by atomic mass is 10.1. The van der Waals surface area contributed by atoms with Crippen LogP contribution in [0.4, 0.5) is 5.69 Å². The van der Waals surface area contributed by atoms with Crippen molar-refractivity contribution < 1.29 is 9.52 Å². The number of anilines is 1. The van der Waals surface area contributed by atoms with E-state index in [1.165, 1.54) is 0 Å². The van der Waals surface area contributed by atoms with Crippen molar-refractivity contribution in [2.75, 3.05) is 37.6 Å². The Labute approximate surface area is 192 Å². The van der Waals surface area contributed by atoms with Gasteiger partial charge >= 0.3 is 5.63 Å². The molecule has 1 aromatic carbocycles. The van der Waals surface area contributed by atoms with E-state index in [9.17, 15) is 9.90 Å². The highest BCUT2D eigenvalue weighted by Crippen LogP contribution is 2.26. The lowest BCUT2D eigenvalue weighted by Crippen LogP contribution is -2.48. The summed E-state index contributed by atoms with van der Waals surface area (Å²) < 4.78 is 7.63. The van der Waals surface area contributed by atoms with Gasteiger partial charge in [-0.05, 0) is 38.5 Å². The van der Waals surface area contributed by atoms with Gasteiger partial charge in [0.25, 0.3) is 0 Å². The van der Waals surface area contributed by atoms with Crippen molar-refractivity contribution >= 4 is 22.3 Å². The Morgan fingerprint density at radius 1 is 1.09 bits per heavy atom. The number of hydrogen-bond acceptors (Lipinski definition) is 7. The van der Waals surface area contributed by atoms with Crippen LogP contribution in [0.1, 0.15) is 24.7 Å². The minimum Gasteiger partial charge on any atom is -0.422 e. The molecule has 5 rings (SSSR count). The van der Waals surface area contributed by atoms with E-state index in [0.29, 0.717) is 16.8 Å². The second-order valence-corrected chi connectivity index (χ2v) is 8.84. The summed E-state index contributed by atoms with van der Waals surface area (Å²) in [6.45, 7) is 10.1. The topological polar surface area (TPSA) is 87.1 Å². The first-order valence-corrected chi connectivity index (χ1v) is 11.5. The van der Waals surface area contributed by atoms with Gasteiger partial charge < -0.3 is 18.8 Å². The number of rotatable bonds is 5. The number of fused-ring (bicyclic) bond motifs is 2. The zero-order valence-electron chi connectivity index (χ0n) is 19.3. The van der Waals surface area contributed by atoms with E-state index in [4.69, 9.17) is 4.42 Å². The summed E-state index contributed by atoms with van der Waals surface area (Å²) in [5, 5.41) is 10.8. The molecule has 4 aromatic rings. The second-order valence-electron chi connectivity index (χ2n) is 8.84. The molecule has 0 radical (unpaired) electrons. The van der Waals surface area contributed by atoms with Gasteiger partial charge in [-0.2, -0.15) is 0 Å². The molecule has 1 N–H and O–H groups in total. The van der Waals surface area contributed by atoms with Crippen molar-refractivity contribution in [1.29, 1.82) is 0 Å². The minimum atomic E-state index is -0.399. The zero-order chi connectivity index (χ0) is 23.1. The van der Waals surface area contributed by atoms with Crippen molar-refractivity contribution in [3.8, 4) is 11.3 Å². The van der Waals surface area contributed by atoms with Crippen molar-refractivity contribution in [2.45, 2.75) is 33.3 Å². The zero-order valence-corrected chi connectivity index (χ0v) is 19.3. The van der Waals surface area contributed by atoms with Gasteiger partial charge in [0.15, 0.2) is 5.65 Å². The molecule has 172 valence electrons. The van der Waals surface area contributed by atoms with Crippen LogP contribution >= 0.6 is 0 Å². The molecule has 1 atom stereocenters. The Kier molecular flexibility index (Phi) is 5.64. The molecule has 0 unspecified atom stereocenters. The first-order valence-electron chi connectivity index (χ1n) is 11.5. The number of piperazine rings is 1. The van der Waals surface area contributed by atoms with Crippen LogP contribution in [-0.2, 0) is 0 Å². The number of aliphatic hydroxyl groups excluding tert-OH is 1. The number of aliphatic hydroxyl groups is 1. The molecule has 0 bridgehead atoms. The van der Waals surface area contributed by atoms with Crippen LogP contribution in [0.25, 0.3) is 27.9 Å². The summed E-state index contributed by atoms with van der Waals surface area (Å²) in [6.07, 6.45) is 4.25. The lowest BCUT2D eigenvalue weighted by molar-refractivity contribution is 0.106. The van der Waals surface area contributed by atoms with Crippen LogP contribution in [0.3, 0.4) is 0 Å². The van der Waals surface area contributed by atoms with Crippen molar-refractivity contribution in [3.05, 3.63) is 58.5 Å². The third-order valence-corrected chi connectivity index (χ3v) is 6.40. The predicted molar refractivity (Wildman–Crippen MR) is 129 cm³/mol. The Morgan fingerprint density at radius 2 is 1.88 bits per heavy atom. The Bertz CT molecular complexity index is 1370. The summed E-state index contributed by atoms with van der Waals surface area (Å²) in [6, 6.07) is 7.87. The van der Waals surface area contributed by atoms with Crippen LogP contribution in [0.5, 0.6) is 0 Å². The fourth-order valence-corrected chi connectivity index (χ4v) is 4.53. The molecule has 3 aromatic heterocycles. The molecule has 1 fully saturated rings. The van der Waals surface area contributed by atoms with Gasteiger partial charge in [-0.3, -0.25) is 9.88 Å². The fourth-order valence-electron chi connectivity index (χ4n) is 4.53. The first kappa shape index (κ1) is 21.6. The number of benzene rings is 1. The van der Waals surface area contributed by atoms with Crippen LogP contribution in [0.2, 0.25) is 0 Å². The molecule has 1 aliphatic rings. The lowest BCUT2D eigenvalue weighted by Gasteiger charge is -2.36. The van der Waals surface area contributed by atoms with E-state index >= 15 is 0 Å². The van der Waals surface area contributed by atoms with E-state index in [1.807, 2.05) is 55.8 Å². The van der Waals surface area contributed by atoms with Crippen LogP contribution < -0.4 is 10.5 Å². The maximum Gasteiger partial charge on any atom is 0.345 e. The highest BCUT2D eigenvalue weighted by Gasteiger charge is 2.20. The third kappa shape index (κ3) is 4.24.